The summed E-state index contributed by atoms with van der Waals surface area (Å²) in [4.78, 5) is 20.2. The molecule has 1 aromatic carbocycles. The number of aromatic nitrogens is 6. The third-order valence-electron chi connectivity index (χ3n) is 5.83. The highest BCUT2D eigenvalue weighted by Crippen LogP contribution is 2.31. The van der Waals surface area contributed by atoms with Gasteiger partial charge in [0.05, 0.1) is 11.7 Å². The molecule has 0 aliphatic rings. The molecule has 0 fully saturated rings. The van der Waals surface area contributed by atoms with Gasteiger partial charge in [-0.1, -0.05) is 20.8 Å². The fourth-order valence-corrected chi connectivity index (χ4v) is 4.20. The molecule has 1 N–H and O–H groups in total. The van der Waals surface area contributed by atoms with E-state index >= 15 is 0 Å². The minimum absolute atomic E-state index is 0.542. The first kappa shape index (κ1) is 23.5. The highest BCUT2D eigenvalue weighted by atomic mass is 16.5. The van der Waals surface area contributed by atoms with Gasteiger partial charge in [-0.2, -0.15) is 5.10 Å². The summed E-state index contributed by atoms with van der Waals surface area (Å²) in [5.74, 6) is 3.71. The summed E-state index contributed by atoms with van der Waals surface area (Å²) in [6, 6.07) is 11.8. The summed E-state index contributed by atoms with van der Waals surface area (Å²) in [5, 5.41) is 8.52. The standard InChI is InChI=1S/C27H30N8O/c1-5-9-34(15-18(2)3)25-13-22-23(14-28-25)29-16-31-27(22)33-20-6-7-24(19(4)11-20)36-21-8-10-35-26(12-21)30-17-32-35/h6-8,10-14,16-18H,5,9,15H2,1-4H3,(H,29,31,33). The Morgan fingerprint density at radius 1 is 1.03 bits per heavy atom. The fraction of sp³-hybridized carbons (Fsp3) is 0.296. The largest absolute Gasteiger partial charge is 0.457 e. The van der Waals surface area contributed by atoms with Crippen molar-refractivity contribution < 1.29 is 4.74 Å². The molecule has 9 heteroatoms. The van der Waals surface area contributed by atoms with E-state index < -0.39 is 0 Å². The molecular formula is C27H30N8O. The van der Waals surface area contributed by atoms with Crippen LogP contribution in [0.1, 0.15) is 32.8 Å². The summed E-state index contributed by atoms with van der Waals surface area (Å²) in [6.45, 7) is 10.6. The Morgan fingerprint density at radius 2 is 1.92 bits per heavy atom. The van der Waals surface area contributed by atoms with Crippen molar-refractivity contribution in [2.45, 2.75) is 34.1 Å². The molecule has 0 atom stereocenters. The lowest BCUT2D eigenvalue weighted by Crippen LogP contribution is -2.29. The van der Waals surface area contributed by atoms with Gasteiger partial charge in [-0.05, 0) is 55.2 Å². The van der Waals surface area contributed by atoms with Crippen molar-refractivity contribution >= 4 is 33.9 Å². The van der Waals surface area contributed by atoms with E-state index in [1.54, 1.807) is 10.8 Å². The zero-order chi connectivity index (χ0) is 25.1. The Bertz CT molecular complexity index is 1500. The molecule has 0 radical (unpaired) electrons. The van der Waals surface area contributed by atoms with Crippen LogP contribution in [0.5, 0.6) is 11.5 Å². The van der Waals surface area contributed by atoms with Gasteiger partial charge in [0.1, 0.15) is 35.8 Å². The smallest absolute Gasteiger partial charge is 0.158 e. The number of benzene rings is 1. The molecule has 184 valence electrons. The number of pyridine rings is 2. The van der Waals surface area contributed by atoms with E-state index in [9.17, 15) is 0 Å². The molecule has 4 aromatic heterocycles. The van der Waals surface area contributed by atoms with E-state index in [0.717, 1.165) is 64.7 Å². The van der Waals surface area contributed by atoms with Crippen molar-refractivity contribution in [2.75, 3.05) is 23.3 Å². The van der Waals surface area contributed by atoms with Crippen LogP contribution in [0, 0.1) is 12.8 Å². The normalized spacial score (nSPS) is 11.4. The lowest BCUT2D eigenvalue weighted by molar-refractivity contribution is 0.478. The van der Waals surface area contributed by atoms with E-state index in [1.165, 1.54) is 6.33 Å². The van der Waals surface area contributed by atoms with E-state index in [1.807, 2.05) is 49.6 Å². The van der Waals surface area contributed by atoms with Crippen LogP contribution >= 0.6 is 0 Å². The van der Waals surface area contributed by atoms with Gasteiger partial charge in [0.25, 0.3) is 0 Å². The van der Waals surface area contributed by atoms with E-state index in [2.05, 4.69) is 62.1 Å². The quantitative estimate of drug-likeness (QED) is 0.282. The van der Waals surface area contributed by atoms with Crippen LogP contribution in [-0.2, 0) is 0 Å². The van der Waals surface area contributed by atoms with Crippen LogP contribution in [-0.4, -0.2) is 42.6 Å². The van der Waals surface area contributed by atoms with Crippen LogP contribution in [0.3, 0.4) is 0 Å². The molecule has 0 saturated carbocycles. The first-order chi connectivity index (χ1) is 17.5. The Labute approximate surface area is 210 Å². The van der Waals surface area contributed by atoms with Gasteiger partial charge >= 0.3 is 0 Å². The van der Waals surface area contributed by atoms with Gasteiger partial charge in [0.15, 0.2) is 5.65 Å². The Balaban J connectivity index is 1.40. The number of fused-ring (bicyclic) bond motifs is 2. The predicted molar refractivity (Wildman–Crippen MR) is 142 cm³/mol. The zero-order valence-electron chi connectivity index (χ0n) is 21.0. The molecule has 0 bridgehead atoms. The Morgan fingerprint density at radius 3 is 2.72 bits per heavy atom. The van der Waals surface area contributed by atoms with E-state index in [-0.39, 0.29) is 0 Å². The predicted octanol–water partition coefficient (Wildman–Crippen LogP) is 5.78. The molecule has 0 saturated heterocycles. The summed E-state index contributed by atoms with van der Waals surface area (Å²) in [6.07, 6.45) is 7.80. The van der Waals surface area contributed by atoms with Crippen LogP contribution in [0.2, 0.25) is 0 Å². The third-order valence-corrected chi connectivity index (χ3v) is 5.83. The van der Waals surface area contributed by atoms with Crippen molar-refractivity contribution in [1.82, 2.24) is 29.5 Å². The van der Waals surface area contributed by atoms with Crippen molar-refractivity contribution in [3.8, 4) is 11.5 Å². The van der Waals surface area contributed by atoms with Crippen molar-refractivity contribution in [3.05, 3.63) is 67.0 Å². The van der Waals surface area contributed by atoms with Gasteiger partial charge in [-0.15, -0.1) is 0 Å². The lowest BCUT2D eigenvalue weighted by Gasteiger charge is -2.25. The maximum absolute atomic E-state index is 6.11. The fourth-order valence-electron chi connectivity index (χ4n) is 4.20. The maximum atomic E-state index is 6.11. The number of nitrogens with zero attached hydrogens (tertiary/aromatic N) is 7. The average Bonchev–Trinajstić information content (AvgIpc) is 3.33. The van der Waals surface area contributed by atoms with E-state index in [4.69, 9.17) is 4.74 Å². The van der Waals surface area contributed by atoms with Crippen molar-refractivity contribution in [3.63, 3.8) is 0 Å². The van der Waals surface area contributed by atoms with Crippen LogP contribution in [0.15, 0.2) is 61.4 Å². The van der Waals surface area contributed by atoms with Crippen molar-refractivity contribution in [2.24, 2.45) is 5.92 Å². The number of anilines is 3. The molecule has 9 nitrogen and oxygen atoms in total. The lowest BCUT2D eigenvalue weighted by atomic mass is 10.2. The number of nitrogens with one attached hydrogen (secondary N) is 1. The molecule has 0 aliphatic carbocycles. The Kier molecular flexibility index (Phi) is 6.62. The minimum atomic E-state index is 0.542. The first-order valence-corrected chi connectivity index (χ1v) is 12.2. The number of ether oxygens (including phenoxy) is 1. The second kappa shape index (κ2) is 10.2. The molecule has 4 heterocycles. The second-order valence-corrected chi connectivity index (χ2v) is 9.25. The summed E-state index contributed by atoms with van der Waals surface area (Å²) in [5.41, 5.74) is 3.45. The minimum Gasteiger partial charge on any atom is -0.457 e. The number of hydrogen-bond acceptors (Lipinski definition) is 8. The number of aryl methyl sites for hydroxylation is 1. The van der Waals surface area contributed by atoms with Crippen LogP contribution in [0.25, 0.3) is 16.6 Å². The van der Waals surface area contributed by atoms with Gasteiger partial charge < -0.3 is 15.0 Å². The van der Waals surface area contributed by atoms with E-state index in [0.29, 0.717) is 11.7 Å². The average molecular weight is 483 g/mol. The SMILES string of the molecule is CCCN(CC(C)C)c1cc2c(Nc3ccc(Oc4ccn5ncnc5c4)c(C)c3)ncnc2cn1. The molecule has 5 rings (SSSR count). The summed E-state index contributed by atoms with van der Waals surface area (Å²) in [7, 11) is 0. The Hall–Kier alpha value is -4.27. The number of hydrogen-bond donors (Lipinski definition) is 1. The topological polar surface area (TPSA) is 93.4 Å². The third kappa shape index (κ3) is 5.05. The molecule has 0 amide bonds. The highest BCUT2D eigenvalue weighted by molar-refractivity contribution is 5.91. The molecule has 0 spiro atoms. The zero-order valence-corrected chi connectivity index (χ0v) is 21.0. The first-order valence-electron chi connectivity index (χ1n) is 12.2. The molecule has 0 unspecified atom stereocenters. The van der Waals surface area contributed by atoms with Gasteiger partial charge in [0.2, 0.25) is 0 Å². The number of rotatable bonds is 9. The highest BCUT2D eigenvalue weighted by Gasteiger charge is 2.13. The molecular weight excluding hydrogens is 452 g/mol. The van der Waals surface area contributed by atoms with Gasteiger partial charge in [-0.3, -0.25) is 0 Å². The summed E-state index contributed by atoms with van der Waals surface area (Å²) >= 11 is 0. The van der Waals surface area contributed by atoms with Crippen LogP contribution < -0.4 is 15.0 Å². The maximum Gasteiger partial charge on any atom is 0.158 e. The monoisotopic (exact) mass is 482 g/mol. The second-order valence-electron chi connectivity index (χ2n) is 9.25. The van der Waals surface area contributed by atoms with Gasteiger partial charge in [0, 0.05) is 36.4 Å². The molecule has 0 aliphatic heterocycles. The molecule has 36 heavy (non-hydrogen) atoms. The summed E-state index contributed by atoms with van der Waals surface area (Å²) < 4.78 is 7.81. The van der Waals surface area contributed by atoms with Crippen LogP contribution in [0.4, 0.5) is 17.3 Å². The molecule has 5 aromatic rings. The van der Waals surface area contributed by atoms with Crippen molar-refractivity contribution in [1.29, 1.82) is 0 Å². The van der Waals surface area contributed by atoms with Gasteiger partial charge in [-0.25, -0.2) is 24.5 Å².